The molecule has 0 heterocycles. The highest BCUT2D eigenvalue weighted by Gasteiger charge is 2.12. The summed E-state index contributed by atoms with van der Waals surface area (Å²) in [4.78, 5) is 35.1. The minimum Gasteiger partial charge on any atom is -0.492 e. The van der Waals surface area contributed by atoms with Crippen LogP contribution in [0.4, 0.5) is 0 Å². The minimum absolute atomic E-state index is 0.0148. The second-order valence-electron chi connectivity index (χ2n) is 5.84. The molecular formula is C20H21NO5. The number of hydrogen-bond acceptors (Lipinski definition) is 5. The van der Waals surface area contributed by atoms with Crippen molar-refractivity contribution >= 4 is 17.7 Å². The van der Waals surface area contributed by atoms with Gasteiger partial charge in [-0.2, -0.15) is 0 Å². The van der Waals surface area contributed by atoms with Crippen LogP contribution in [0.25, 0.3) is 0 Å². The topological polar surface area (TPSA) is 95.7 Å². The average molecular weight is 355 g/mol. The predicted molar refractivity (Wildman–Crippen MR) is 96.3 cm³/mol. The van der Waals surface area contributed by atoms with Gasteiger partial charge in [-0.1, -0.05) is 24.3 Å². The molecule has 0 unspecified atom stereocenters. The Morgan fingerprint density at radius 2 is 1.73 bits per heavy atom. The second-order valence-corrected chi connectivity index (χ2v) is 5.84. The van der Waals surface area contributed by atoms with Crippen LogP contribution in [0.15, 0.2) is 42.5 Å². The maximum Gasteiger partial charge on any atom is 0.309 e. The first-order valence-corrected chi connectivity index (χ1v) is 8.16. The summed E-state index contributed by atoms with van der Waals surface area (Å²) in [6, 6.07) is 11.8. The van der Waals surface area contributed by atoms with Crippen LogP contribution in [-0.4, -0.2) is 30.9 Å². The number of primary amides is 1. The highest BCUT2D eigenvalue weighted by atomic mass is 16.5. The van der Waals surface area contributed by atoms with Crippen molar-refractivity contribution in [2.24, 2.45) is 5.73 Å². The van der Waals surface area contributed by atoms with E-state index in [-0.39, 0.29) is 31.0 Å². The number of benzene rings is 2. The molecular weight excluding hydrogens is 334 g/mol. The summed E-state index contributed by atoms with van der Waals surface area (Å²) >= 11 is 0. The highest BCUT2D eigenvalue weighted by molar-refractivity contribution is 5.98. The quantitative estimate of drug-likeness (QED) is 0.580. The smallest absolute Gasteiger partial charge is 0.309 e. The van der Waals surface area contributed by atoms with Crippen LogP contribution in [0.5, 0.6) is 5.75 Å². The van der Waals surface area contributed by atoms with Crippen molar-refractivity contribution in [2.45, 2.75) is 20.3 Å². The highest BCUT2D eigenvalue weighted by Crippen LogP contribution is 2.17. The summed E-state index contributed by atoms with van der Waals surface area (Å²) in [6.45, 7) is 3.57. The SMILES string of the molecule is Cc1ccc(C(=O)COC(=O)CCOc2ccccc2C(N)=O)cc1C. The Kier molecular flexibility index (Phi) is 6.49. The minimum atomic E-state index is -0.609. The molecule has 1 amide bonds. The van der Waals surface area contributed by atoms with Crippen LogP contribution >= 0.6 is 0 Å². The van der Waals surface area contributed by atoms with Gasteiger partial charge in [0.1, 0.15) is 5.75 Å². The molecule has 0 saturated heterocycles. The predicted octanol–water partition coefficient (Wildman–Crippen LogP) is 2.60. The van der Waals surface area contributed by atoms with E-state index in [1.165, 1.54) is 6.07 Å². The van der Waals surface area contributed by atoms with E-state index < -0.39 is 11.9 Å². The molecule has 2 rings (SSSR count). The van der Waals surface area contributed by atoms with Gasteiger partial charge in [-0.25, -0.2) is 0 Å². The summed E-state index contributed by atoms with van der Waals surface area (Å²) in [5.41, 5.74) is 8.10. The molecule has 2 aromatic rings. The number of aryl methyl sites for hydroxylation is 2. The molecule has 6 heteroatoms. The number of esters is 1. The normalized spacial score (nSPS) is 10.2. The Morgan fingerprint density at radius 1 is 1.00 bits per heavy atom. The number of Topliss-reactive ketones (excluding diaryl/α,β-unsaturated/α-hetero) is 1. The fourth-order valence-electron chi connectivity index (χ4n) is 2.26. The fourth-order valence-corrected chi connectivity index (χ4v) is 2.26. The zero-order chi connectivity index (χ0) is 19.1. The van der Waals surface area contributed by atoms with E-state index in [0.29, 0.717) is 11.3 Å². The monoisotopic (exact) mass is 355 g/mol. The Hall–Kier alpha value is -3.15. The van der Waals surface area contributed by atoms with Crippen molar-refractivity contribution in [2.75, 3.05) is 13.2 Å². The van der Waals surface area contributed by atoms with Crippen molar-refractivity contribution in [1.29, 1.82) is 0 Å². The first-order chi connectivity index (χ1) is 12.4. The standard InChI is InChI=1S/C20H21NO5/c1-13-7-8-15(11-14(13)2)17(22)12-26-19(23)9-10-25-18-6-4-3-5-16(18)20(21)24/h3-8,11H,9-10,12H2,1-2H3,(H2,21,24). The summed E-state index contributed by atoms with van der Waals surface area (Å²) in [5.74, 6) is -1.12. The summed E-state index contributed by atoms with van der Waals surface area (Å²) in [7, 11) is 0. The van der Waals surface area contributed by atoms with Crippen LogP contribution in [0.1, 0.15) is 38.3 Å². The molecule has 0 atom stereocenters. The van der Waals surface area contributed by atoms with Crippen molar-refractivity contribution in [1.82, 2.24) is 0 Å². The number of amides is 1. The van der Waals surface area contributed by atoms with Crippen molar-refractivity contribution in [3.8, 4) is 5.75 Å². The van der Waals surface area contributed by atoms with Gasteiger partial charge in [0, 0.05) is 5.56 Å². The number of rotatable bonds is 8. The van der Waals surface area contributed by atoms with E-state index in [1.807, 2.05) is 19.9 Å². The van der Waals surface area contributed by atoms with Gasteiger partial charge in [-0.3, -0.25) is 14.4 Å². The van der Waals surface area contributed by atoms with Crippen molar-refractivity contribution in [3.05, 3.63) is 64.7 Å². The molecule has 0 spiro atoms. The maximum absolute atomic E-state index is 12.1. The Balaban J connectivity index is 1.80. The number of carbonyl (C=O) groups is 3. The van der Waals surface area contributed by atoms with E-state index in [9.17, 15) is 14.4 Å². The van der Waals surface area contributed by atoms with E-state index in [4.69, 9.17) is 15.2 Å². The third kappa shape index (κ3) is 5.17. The molecule has 26 heavy (non-hydrogen) atoms. The summed E-state index contributed by atoms with van der Waals surface area (Å²) in [5, 5.41) is 0. The largest absolute Gasteiger partial charge is 0.492 e. The molecule has 0 aliphatic rings. The van der Waals surface area contributed by atoms with Gasteiger partial charge in [0.05, 0.1) is 18.6 Å². The van der Waals surface area contributed by atoms with Gasteiger partial charge < -0.3 is 15.2 Å². The number of carbonyl (C=O) groups excluding carboxylic acids is 3. The van der Waals surface area contributed by atoms with Crippen molar-refractivity contribution in [3.63, 3.8) is 0 Å². The van der Waals surface area contributed by atoms with E-state index in [2.05, 4.69) is 0 Å². The molecule has 0 aliphatic heterocycles. The van der Waals surface area contributed by atoms with Crippen LogP contribution in [-0.2, 0) is 9.53 Å². The van der Waals surface area contributed by atoms with Crippen LogP contribution in [0, 0.1) is 13.8 Å². The zero-order valence-corrected chi connectivity index (χ0v) is 14.8. The molecule has 0 saturated carbocycles. The van der Waals surface area contributed by atoms with Crippen LogP contribution < -0.4 is 10.5 Å². The summed E-state index contributed by atoms with van der Waals surface area (Å²) in [6.07, 6.45) is -0.0483. The number of para-hydroxylation sites is 1. The third-order valence-corrected chi connectivity index (χ3v) is 3.91. The first-order valence-electron chi connectivity index (χ1n) is 8.16. The average Bonchev–Trinajstić information content (AvgIpc) is 2.62. The lowest BCUT2D eigenvalue weighted by Gasteiger charge is -2.09. The van der Waals surface area contributed by atoms with Crippen molar-refractivity contribution < 1.29 is 23.9 Å². The first kappa shape index (κ1) is 19.2. The number of nitrogens with two attached hydrogens (primary N) is 1. The van der Waals surface area contributed by atoms with E-state index in [1.54, 1.807) is 30.3 Å². The van der Waals surface area contributed by atoms with E-state index in [0.717, 1.165) is 11.1 Å². The maximum atomic E-state index is 12.1. The Morgan fingerprint density at radius 3 is 2.42 bits per heavy atom. The third-order valence-electron chi connectivity index (χ3n) is 3.91. The van der Waals surface area contributed by atoms with E-state index >= 15 is 0 Å². The van der Waals surface area contributed by atoms with Gasteiger partial charge in [-0.05, 0) is 43.2 Å². The lowest BCUT2D eigenvalue weighted by atomic mass is 10.0. The van der Waals surface area contributed by atoms with Gasteiger partial charge >= 0.3 is 5.97 Å². The number of hydrogen-bond donors (Lipinski definition) is 1. The molecule has 136 valence electrons. The second kappa shape index (κ2) is 8.80. The Labute approximate surface area is 151 Å². The fraction of sp³-hybridized carbons (Fsp3) is 0.250. The molecule has 0 bridgehead atoms. The molecule has 2 N–H and O–H groups in total. The van der Waals surface area contributed by atoms with Crippen LogP contribution in [0.3, 0.4) is 0 Å². The number of ether oxygens (including phenoxy) is 2. The molecule has 6 nitrogen and oxygen atoms in total. The van der Waals surface area contributed by atoms with Gasteiger partial charge in [0.2, 0.25) is 0 Å². The molecule has 0 aromatic heterocycles. The lowest BCUT2D eigenvalue weighted by molar-refractivity contribution is -0.143. The van der Waals surface area contributed by atoms with Gasteiger partial charge in [-0.15, -0.1) is 0 Å². The van der Waals surface area contributed by atoms with Crippen LogP contribution in [0.2, 0.25) is 0 Å². The summed E-state index contributed by atoms with van der Waals surface area (Å²) < 4.78 is 10.4. The van der Waals surface area contributed by atoms with Gasteiger partial charge in [0.15, 0.2) is 12.4 Å². The molecule has 0 radical (unpaired) electrons. The lowest BCUT2D eigenvalue weighted by Crippen LogP contribution is -2.17. The van der Waals surface area contributed by atoms with Gasteiger partial charge in [0.25, 0.3) is 5.91 Å². The number of ketones is 1. The molecule has 0 aliphatic carbocycles. The Bertz CT molecular complexity index is 829. The molecule has 2 aromatic carbocycles. The zero-order valence-electron chi connectivity index (χ0n) is 14.8. The molecule has 0 fully saturated rings.